The van der Waals surface area contributed by atoms with Crippen molar-refractivity contribution in [3.63, 3.8) is 0 Å². The molecule has 112 valence electrons. The fourth-order valence-electron chi connectivity index (χ4n) is 2.78. The number of benzene rings is 1. The molecule has 4 nitrogen and oxygen atoms in total. The van der Waals surface area contributed by atoms with Crippen molar-refractivity contribution in [2.75, 3.05) is 6.54 Å². The number of aryl methyl sites for hydroxylation is 2. The van der Waals surface area contributed by atoms with Crippen molar-refractivity contribution in [2.24, 2.45) is 0 Å². The van der Waals surface area contributed by atoms with E-state index in [1.165, 1.54) is 12.1 Å². The summed E-state index contributed by atoms with van der Waals surface area (Å²) in [6, 6.07) is 2.48. The maximum Gasteiger partial charge on any atom is 0.241 e. The van der Waals surface area contributed by atoms with Crippen molar-refractivity contribution >= 4 is 10.0 Å². The Morgan fingerprint density at radius 3 is 2.45 bits per heavy atom. The minimum absolute atomic E-state index is 0.0968. The molecule has 0 bridgehead atoms. The second kappa shape index (κ2) is 5.79. The summed E-state index contributed by atoms with van der Waals surface area (Å²) < 4.78 is 41.1. The summed E-state index contributed by atoms with van der Waals surface area (Å²) in [4.78, 5) is 0.191. The van der Waals surface area contributed by atoms with Crippen LogP contribution in [0.2, 0.25) is 0 Å². The lowest BCUT2D eigenvalue weighted by atomic mass is 10.0. The lowest BCUT2D eigenvalue weighted by Gasteiger charge is -2.30. The molecule has 1 heterocycles. The number of sulfonamides is 1. The fraction of sp³-hybridized carbons (Fsp3) is 0.571. The van der Waals surface area contributed by atoms with Gasteiger partial charge in [0.05, 0.1) is 4.90 Å². The number of nitrogens with one attached hydrogen (secondary N) is 2. The van der Waals surface area contributed by atoms with Crippen molar-refractivity contribution in [1.29, 1.82) is 0 Å². The lowest BCUT2D eigenvalue weighted by molar-refractivity contribution is 0.348. The van der Waals surface area contributed by atoms with Crippen LogP contribution in [0.5, 0.6) is 0 Å². The Balaban J connectivity index is 2.31. The Morgan fingerprint density at radius 1 is 1.30 bits per heavy atom. The third kappa shape index (κ3) is 3.19. The highest BCUT2D eigenvalue weighted by molar-refractivity contribution is 7.89. The molecular weight excluding hydrogens is 279 g/mol. The number of piperidine rings is 1. The van der Waals surface area contributed by atoms with Gasteiger partial charge in [0.2, 0.25) is 10.0 Å². The second-order valence-electron chi connectivity index (χ2n) is 5.48. The Morgan fingerprint density at radius 2 is 1.90 bits per heavy atom. The zero-order chi connectivity index (χ0) is 14.9. The van der Waals surface area contributed by atoms with Gasteiger partial charge in [-0.2, -0.15) is 0 Å². The van der Waals surface area contributed by atoms with Crippen LogP contribution in [-0.2, 0) is 10.0 Å². The SMILES string of the molecule is Cc1cc(F)cc(C)c1S(=O)(=O)NC1CCCNC1C. The molecule has 1 fully saturated rings. The Kier molecular flexibility index (Phi) is 4.46. The molecule has 1 aromatic rings. The third-order valence-corrected chi connectivity index (χ3v) is 5.56. The van der Waals surface area contributed by atoms with Crippen LogP contribution in [0.4, 0.5) is 4.39 Å². The molecule has 1 saturated heterocycles. The van der Waals surface area contributed by atoms with Gasteiger partial charge in [0, 0.05) is 12.1 Å². The van der Waals surface area contributed by atoms with Crippen molar-refractivity contribution in [2.45, 2.75) is 50.6 Å². The highest BCUT2D eigenvalue weighted by atomic mass is 32.2. The summed E-state index contributed by atoms with van der Waals surface area (Å²) in [5.41, 5.74) is 0.873. The summed E-state index contributed by atoms with van der Waals surface area (Å²) in [7, 11) is -3.63. The van der Waals surface area contributed by atoms with Crippen LogP contribution in [0.3, 0.4) is 0 Å². The first-order chi connectivity index (χ1) is 9.31. The Hall–Kier alpha value is -0.980. The summed E-state index contributed by atoms with van der Waals surface area (Å²) in [6.45, 7) is 6.12. The van der Waals surface area contributed by atoms with Crippen molar-refractivity contribution < 1.29 is 12.8 Å². The van der Waals surface area contributed by atoms with E-state index in [1.807, 2.05) is 6.92 Å². The molecule has 2 atom stereocenters. The van der Waals surface area contributed by atoms with Crippen LogP contribution < -0.4 is 10.0 Å². The first kappa shape index (κ1) is 15.4. The first-order valence-corrected chi connectivity index (χ1v) is 8.32. The number of hydrogen-bond acceptors (Lipinski definition) is 3. The van der Waals surface area contributed by atoms with E-state index in [0.29, 0.717) is 11.1 Å². The van der Waals surface area contributed by atoms with E-state index in [4.69, 9.17) is 0 Å². The largest absolute Gasteiger partial charge is 0.313 e. The van der Waals surface area contributed by atoms with E-state index in [9.17, 15) is 12.8 Å². The van der Waals surface area contributed by atoms with Crippen molar-refractivity contribution in [1.82, 2.24) is 10.0 Å². The molecule has 0 spiro atoms. The third-order valence-electron chi connectivity index (χ3n) is 3.76. The van der Waals surface area contributed by atoms with Gasteiger partial charge in [0.25, 0.3) is 0 Å². The maximum absolute atomic E-state index is 13.3. The minimum atomic E-state index is -3.63. The van der Waals surface area contributed by atoms with Gasteiger partial charge in [-0.15, -0.1) is 0 Å². The van der Waals surface area contributed by atoms with Gasteiger partial charge < -0.3 is 5.32 Å². The number of rotatable bonds is 3. The van der Waals surface area contributed by atoms with E-state index < -0.39 is 15.8 Å². The average Bonchev–Trinajstić information content (AvgIpc) is 2.30. The summed E-state index contributed by atoms with van der Waals surface area (Å²) >= 11 is 0. The van der Waals surface area contributed by atoms with Gasteiger partial charge in [-0.3, -0.25) is 0 Å². The van der Waals surface area contributed by atoms with Gasteiger partial charge in [-0.25, -0.2) is 17.5 Å². The van der Waals surface area contributed by atoms with E-state index in [1.54, 1.807) is 13.8 Å². The van der Waals surface area contributed by atoms with Crippen LogP contribution >= 0.6 is 0 Å². The van der Waals surface area contributed by atoms with Gasteiger partial charge >= 0.3 is 0 Å². The van der Waals surface area contributed by atoms with Crippen LogP contribution in [0.1, 0.15) is 30.9 Å². The number of halogens is 1. The molecular formula is C14H21FN2O2S. The van der Waals surface area contributed by atoms with Gasteiger partial charge in [0.1, 0.15) is 5.82 Å². The molecule has 1 aliphatic heterocycles. The minimum Gasteiger partial charge on any atom is -0.313 e. The predicted molar refractivity (Wildman–Crippen MR) is 76.7 cm³/mol. The molecule has 20 heavy (non-hydrogen) atoms. The summed E-state index contributed by atoms with van der Waals surface area (Å²) in [5.74, 6) is -0.411. The molecule has 0 radical (unpaired) electrons. The van der Waals surface area contributed by atoms with Crippen molar-refractivity contribution in [3.8, 4) is 0 Å². The van der Waals surface area contributed by atoms with Crippen molar-refractivity contribution in [3.05, 3.63) is 29.1 Å². The first-order valence-electron chi connectivity index (χ1n) is 6.84. The van der Waals surface area contributed by atoms with Gasteiger partial charge in [0.15, 0.2) is 0 Å². The predicted octanol–water partition coefficient (Wildman–Crippen LogP) is 1.86. The average molecular weight is 300 g/mol. The van der Waals surface area contributed by atoms with Crippen LogP contribution in [0.25, 0.3) is 0 Å². The van der Waals surface area contributed by atoms with Gasteiger partial charge in [-0.1, -0.05) is 0 Å². The highest BCUT2D eigenvalue weighted by Crippen LogP contribution is 2.22. The van der Waals surface area contributed by atoms with Crippen LogP contribution in [0.15, 0.2) is 17.0 Å². The van der Waals surface area contributed by atoms with E-state index in [2.05, 4.69) is 10.0 Å². The molecule has 6 heteroatoms. The molecule has 0 amide bonds. The van der Waals surface area contributed by atoms with E-state index in [0.717, 1.165) is 19.4 Å². The molecule has 2 unspecified atom stereocenters. The zero-order valence-corrected chi connectivity index (χ0v) is 12.8. The molecule has 0 aliphatic carbocycles. The van der Waals surface area contributed by atoms with Crippen LogP contribution in [-0.4, -0.2) is 27.0 Å². The summed E-state index contributed by atoms with van der Waals surface area (Å²) in [5, 5.41) is 3.26. The van der Waals surface area contributed by atoms with Gasteiger partial charge in [-0.05, 0) is 63.4 Å². The second-order valence-corrected chi connectivity index (χ2v) is 7.13. The molecule has 1 aromatic carbocycles. The quantitative estimate of drug-likeness (QED) is 0.896. The molecule has 1 aliphatic rings. The topological polar surface area (TPSA) is 58.2 Å². The highest BCUT2D eigenvalue weighted by Gasteiger charge is 2.28. The van der Waals surface area contributed by atoms with Crippen LogP contribution in [0, 0.1) is 19.7 Å². The fourth-order valence-corrected chi connectivity index (χ4v) is 4.59. The zero-order valence-electron chi connectivity index (χ0n) is 12.0. The normalized spacial score (nSPS) is 23.8. The lowest BCUT2D eigenvalue weighted by Crippen LogP contribution is -2.51. The Labute approximate surface area is 119 Å². The van der Waals surface area contributed by atoms with E-state index in [-0.39, 0.29) is 17.0 Å². The van der Waals surface area contributed by atoms with E-state index >= 15 is 0 Å². The summed E-state index contributed by atoms with van der Waals surface area (Å²) in [6.07, 6.45) is 1.76. The number of hydrogen-bond donors (Lipinski definition) is 2. The molecule has 0 saturated carbocycles. The maximum atomic E-state index is 13.3. The molecule has 2 rings (SSSR count). The Bertz CT molecular complexity index is 578. The molecule has 0 aromatic heterocycles. The molecule has 2 N–H and O–H groups in total. The monoisotopic (exact) mass is 300 g/mol. The smallest absolute Gasteiger partial charge is 0.241 e. The standard InChI is InChI=1S/C14H21FN2O2S/c1-9-7-12(15)8-10(2)14(9)20(18,19)17-13-5-4-6-16-11(13)3/h7-8,11,13,16-17H,4-6H2,1-3H3.